The molecule has 2 aliphatic heterocycles. The maximum atomic E-state index is 11.3. The van der Waals surface area contributed by atoms with E-state index in [1.165, 1.54) is 5.56 Å². The summed E-state index contributed by atoms with van der Waals surface area (Å²) in [6.45, 7) is 0.654. The number of rotatable bonds is 1. The van der Waals surface area contributed by atoms with Gasteiger partial charge in [0.25, 0.3) is 0 Å². The van der Waals surface area contributed by atoms with Crippen LogP contribution in [0.15, 0.2) is 18.2 Å². The SMILES string of the molecule is N[C@H]1CCc2cccc3c2N(C1)[C@H](C(=O)O)C3. The fraction of sp³-hybridized carbons (Fsp3) is 0.462. The fourth-order valence-electron chi connectivity index (χ4n) is 2.98. The third-order valence-corrected chi connectivity index (χ3v) is 3.78. The Labute approximate surface area is 100 Å². The molecule has 3 N–H and O–H groups in total. The molecule has 0 bridgehead atoms. The number of carboxylic acid groups (broad SMARTS) is 1. The number of carboxylic acids is 1. The first-order chi connectivity index (χ1) is 8.16. The highest BCUT2D eigenvalue weighted by molar-refractivity contribution is 5.83. The minimum absolute atomic E-state index is 0.0650. The van der Waals surface area contributed by atoms with Crippen molar-refractivity contribution in [2.24, 2.45) is 5.73 Å². The molecule has 3 rings (SSSR count). The van der Waals surface area contributed by atoms with E-state index >= 15 is 0 Å². The smallest absolute Gasteiger partial charge is 0.326 e. The molecule has 0 radical (unpaired) electrons. The molecule has 0 amide bonds. The number of aliphatic carboxylic acids is 1. The van der Waals surface area contributed by atoms with Gasteiger partial charge in [-0.2, -0.15) is 0 Å². The van der Waals surface area contributed by atoms with Crippen LogP contribution in [-0.4, -0.2) is 29.7 Å². The summed E-state index contributed by atoms with van der Waals surface area (Å²) >= 11 is 0. The molecule has 0 unspecified atom stereocenters. The minimum atomic E-state index is -0.749. The summed E-state index contributed by atoms with van der Waals surface area (Å²) in [5.41, 5.74) is 9.57. The molecular formula is C13H16N2O2. The minimum Gasteiger partial charge on any atom is -0.480 e. The Balaban J connectivity index is 2.10. The van der Waals surface area contributed by atoms with Crippen LogP contribution >= 0.6 is 0 Å². The van der Waals surface area contributed by atoms with Gasteiger partial charge in [0.2, 0.25) is 0 Å². The zero-order chi connectivity index (χ0) is 12.0. The highest BCUT2D eigenvalue weighted by Crippen LogP contribution is 2.38. The second kappa shape index (κ2) is 3.74. The average molecular weight is 232 g/mol. The van der Waals surface area contributed by atoms with Crippen LogP contribution in [-0.2, 0) is 17.6 Å². The first-order valence-corrected chi connectivity index (χ1v) is 6.02. The van der Waals surface area contributed by atoms with Gasteiger partial charge in [-0.25, -0.2) is 4.79 Å². The van der Waals surface area contributed by atoms with Gasteiger partial charge in [0, 0.05) is 24.7 Å². The number of anilines is 1. The second-order valence-electron chi connectivity index (χ2n) is 4.93. The predicted octanol–water partition coefficient (Wildman–Crippen LogP) is 0.776. The molecule has 0 aromatic heterocycles. The van der Waals surface area contributed by atoms with E-state index in [4.69, 9.17) is 5.73 Å². The molecule has 2 aliphatic rings. The Kier molecular flexibility index (Phi) is 2.33. The largest absolute Gasteiger partial charge is 0.480 e. The molecule has 0 saturated carbocycles. The van der Waals surface area contributed by atoms with E-state index < -0.39 is 12.0 Å². The lowest BCUT2D eigenvalue weighted by molar-refractivity contribution is -0.138. The van der Waals surface area contributed by atoms with Crippen molar-refractivity contribution in [3.8, 4) is 0 Å². The lowest BCUT2D eigenvalue weighted by Gasteiger charge is -2.26. The lowest BCUT2D eigenvalue weighted by Crippen LogP contribution is -2.44. The van der Waals surface area contributed by atoms with Gasteiger partial charge in [-0.05, 0) is 24.0 Å². The zero-order valence-electron chi connectivity index (χ0n) is 9.60. The highest BCUT2D eigenvalue weighted by atomic mass is 16.4. The van der Waals surface area contributed by atoms with Crippen molar-refractivity contribution in [3.05, 3.63) is 29.3 Å². The normalized spacial score (nSPS) is 26.5. The first-order valence-electron chi connectivity index (χ1n) is 6.02. The number of hydrogen-bond acceptors (Lipinski definition) is 3. The van der Waals surface area contributed by atoms with Crippen molar-refractivity contribution in [1.29, 1.82) is 0 Å². The van der Waals surface area contributed by atoms with E-state index in [0.29, 0.717) is 13.0 Å². The zero-order valence-corrected chi connectivity index (χ0v) is 9.60. The molecule has 2 heterocycles. The van der Waals surface area contributed by atoms with Gasteiger partial charge in [-0.1, -0.05) is 18.2 Å². The van der Waals surface area contributed by atoms with Gasteiger partial charge in [-0.15, -0.1) is 0 Å². The van der Waals surface area contributed by atoms with E-state index in [9.17, 15) is 9.90 Å². The van der Waals surface area contributed by atoms with Gasteiger partial charge >= 0.3 is 5.97 Å². The predicted molar refractivity (Wildman–Crippen MR) is 65.2 cm³/mol. The molecule has 0 aliphatic carbocycles. The summed E-state index contributed by atoms with van der Waals surface area (Å²) in [4.78, 5) is 13.3. The van der Waals surface area contributed by atoms with Crippen LogP contribution in [0.1, 0.15) is 17.5 Å². The van der Waals surface area contributed by atoms with E-state index in [0.717, 1.165) is 24.1 Å². The van der Waals surface area contributed by atoms with E-state index in [2.05, 4.69) is 6.07 Å². The molecule has 0 saturated heterocycles. The van der Waals surface area contributed by atoms with Crippen LogP contribution in [0, 0.1) is 0 Å². The molecule has 4 heteroatoms. The van der Waals surface area contributed by atoms with Crippen LogP contribution in [0.2, 0.25) is 0 Å². The lowest BCUT2D eigenvalue weighted by atomic mass is 10.0. The van der Waals surface area contributed by atoms with Gasteiger partial charge in [0.05, 0.1) is 0 Å². The van der Waals surface area contributed by atoms with Crippen molar-refractivity contribution in [2.75, 3.05) is 11.4 Å². The number of hydrogen-bond donors (Lipinski definition) is 2. The summed E-state index contributed by atoms with van der Waals surface area (Å²) in [6, 6.07) is 5.78. The number of para-hydroxylation sites is 1. The number of aryl methyl sites for hydroxylation is 1. The average Bonchev–Trinajstić information content (AvgIpc) is 2.57. The highest BCUT2D eigenvalue weighted by Gasteiger charge is 2.37. The van der Waals surface area contributed by atoms with Gasteiger partial charge in [0.15, 0.2) is 0 Å². The summed E-state index contributed by atoms with van der Waals surface area (Å²) in [7, 11) is 0. The van der Waals surface area contributed by atoms with Crippen LogP contribution in [0.25, 0.3) is 0 Å². The Bertz CT molecular complexity index is 472. The quantitative estimate of drug-likeness (QED) is 0.750. The van der Waals surface area contributed by atoms with Crippen LogP contribution < -0.4 is 10.6 Å². The first kappa shape index (κ1) is 10.6. The van der Waals surface area contributed by atoms with Crippen molar-refractivity contribution in [3.63, 3.8) is 0 Å². The number of benzene rings is 1. The van der Waals surface area contributed by atoms with E-state index in [-0.39, 0.29) is 6.04 Å². The monoisotopic (exact) mass is 232 g/mol. The molecule has 90 valence electrons. The van der Waals surface area contributed by atoms with E-state index in [1.54, 1.807) is 0 Å². The molecule has 2 atom stereocenters. The molecule has 17 heavy (non-hydrogen) atoms. The fourth-order valence-corrected chi connectivity index (χ4v) is 2.98. The molecule has 1 aromatic rings. The molecule has 1 aromatic carbocycles. The maximum Gasteiger partial charge on any atom is 0.326 e. The van der Waals surface area contributed by atoms with Gasteiger partial charge < -0.3 is 15.7 Å². The van der Waals surface area contributed by atoms with Gasteiger partial charge in [-0.3, -0.25) is 0 Å². The molecular weight excluding hydrogens is 216 g/mol. The van der Waals surface area contributed by atoms with Crippen LogP contribution in [0.5, 0.6) is 0 Å². The molecule has 0 fully saturated rings. The standard InChI is InChI=1S/C13H16N2O2/c14-10-5-4-8-2-1-3-9-6-11(13(16)17)15(7-10)12(8)9/h1-3,10-11H,4-7,14H2,(H,16,17)/t10-,11-/m0/s1. The maximum absolute atomic E-state index is 11.3. The van der Waals surface area contributed by atoms with E-state index in [1.807, 2.05) is 17.0 Å². The summed E-state index contributed by atoms with van der Waals surface area (Å²) in [5, 5.41) is 9.30. The van der Waals surface area contributed by atoms with Crippen molar-refractivity contribution in [1.82, 2.24) is 0 Å². The number of nitrogens with zero attached hydrogens (tertiary/aromatic N) is 1. The van der Waals surface area contributed by atoms with Crippen LogP contribution in [0.4, 0.5) is 5.69 Å². The summed E-state index contributed by atoms with van der Waals surface area (Å²) in [5.74, 6) is -0.749. The van der Waals surface area contributed by atoms with Crippen molar-refractivity contribution < 1.29 is 9.90 Å². The Hall–Kier alpha value is -1.55. The molecule has 4 nitrogen and oxygen atoms in total. The second-order valence-corrected chi connectivity index (χ2v) is 4.93. The third-order valence-electron chi connectivity index (χ3n) is 3.78. The summed E-state index contributed by atoms with van der Waals surface area (Å²) in [6.07, 6.45) is 2.48. The Morgan fingerprint density at radius 1 is 1.41 bits per heavy atom. The summed E-state index contributed by atoms with van der Waals surface area (Å²) < 4.78 is 0. The third kappa shape index (κ3) is 1.60. The molecule has 0 spiro atoms. The topological polar surface area (TPSA) is 66.6 Å². The Morgan fingerprint density at radius 2 is 2.18 bits per heavy atom. The van der Waals surface area contributed by atoms with Crippen molar-refractivity contribution >= 4 is 11.7 Å². The van der Waals surface area contributed by atoms with Crippen LogP contribution in [0.3, 0.4) is 0 Å². The number of nitrogens with two attached hydrogens (primary N) is 1. The number of carbonyl (C=O) groups is 1. The Morgan fingerprint density at radius 3 is 2.94 bits per heavy atom. The van der Waals surface area contributed by atoms with Crippen molar-refractivity contribution in [2.45, 2.75) is 31.3 Å². The van der Waals surface area contributed by atoms with Gasteiger partial charge in [0.1, 0.15) is 6.04 Å².